The number of hydrogen-bond acceptors (Lipinski definition) is 3. The maximum absolute atomic E-state index is 10.9. The molecule has 0 bridgehead atoms. The third kappa shape index (κ3) is 2.27. The lowest BCUT2D eigenvalue weighted by atomic mass is 10.1. The monoisotopic (exact) mass is 252 g/mol. The molecule has 3 nitrogen and oxygen atoms in total. The van der Waals surface area contributed by atoms with Gasteiger partial charge in [0.2, 0.25) is 0 Å². The lowest BCUT2D eigenvalue weighted by Gasteiger charge is -2.25. The molecule has 92 valence electrons. The quantitative estimate of drug-likeness (QED) is 0.886. The summed E-state index contributed by atoms with van der Waals surface area (Å²) >= 11 is 1.65. The summed E-state index contributed by atoms with van der Waals surface area (Å²) in [6, 6.07) is 5.06. The molecule has 1 N–H and O–H groups in total. The zero-order valence-electron chi connectivity index (χ0n) is 10.0. The van der Waals surface area contributed by atoms with E-state index in [0.29, 0.717) is 5.56 Å². The first-order valence-electron chi connectivity index (χ1n) is 5.85. The number of hydrogen-bond donors (Lipinski definition) is 1. The number of ether oxygens (including phenoxy) is 1. The first-order valence-corrected chi connectivity index (χ1v) is 6.67. The summed E-state index contributed by atoms with van der Waals surface area (Å²) in [5, 5.41) is 8.96. The molecule has 1 aromatic carbocycles. The van der Waals surface area contributed by atoms with Crippen molar-refractivity contribution in [1.29, 1.82) is 0 Å². The average molecular weight is 252 g/mol. The predicted octanol–water partition coefficient (Wildman–Crippen LogP) is 3.78. The Kier molecular flexibility index (Phi) is 3.33. The summed E-state index contributed by atoms with van der Waals surface area (Å²) in [5.41, 5.74) is 0.322. The van der Waals surface area contributed by atoms with E-state index in [9.17, 15) is 4.79 Å². The van der Waals surface area contributed by atoms with Crippen LogP contribution in [0.1, 0.15) is 43.5 Å². The summed E-state index contributed by atoms with van der Waals surface area (Å²) in [7, 11) is 0. The van der Waals surface area contributed by atoms with Gasteiger partial charge in [0.05, 0.1) is 10.5 Å². The van der Waals surface area contributed by atoms with Crippen LogP contribution in [0.4, 0.5) is 0 Å². The normalized spacial score (nSPS) is 22.0. The molecule has 0 saturated carbocycles. The van der Waals surface area contributed by atoms with Crippen LogP contribution in [0.2, 0.25) is 0 Å². The number of thioether (sulfide) groups is 1. The second kappa shape index (κ2) is 4.61. The Balaban J connectivity index is 2.29. The number of fused-ring (bicyclic) bond motifs is 1. The fourth-order valence-corrected chi connectivity index (χ4v) is 3.41. The standard InChI is InChI=1S/C13H16O3S/c1-3-7-13(4-2)16-10-6-5-9(12(14)15)8-11(10)17-13/h5-6,8H,3-4,7H2,1-2H3,(H,14,15). The topological polar surface area (TPSA) is 46.5 Å². The molecular weight excluding hydrogens is 236 g/mol. The van der Waals surface area contributed by atoms with E-state index in [4.69, 9.17) is 9.84 Å². The Morgan fingerprint density at radius 1 is 1.47 bits per heavy atom. The van der Waals surface area contributed by atoms with Crippen LogP contribution in [-0.2, 0) is 0 Å². The van der Waals surface area contributed by atoms with Crippen molar-refractivity contribution in [2.45, 2.75) is 42.9 Å². The van der Waals surface area contributed by atoms with E-state index in [1.165, 1.54) is 0 Å². The Morgan fingerprint density at radius 3 is 2.82 bits per heavy atom. The van der Waals surface area contributed by atoms with Crippen molar-refractivity contribution in [2.24, 2.45) is 0 Å². The molecule has 1 aliphatic heterocycles. The van der Waals surface area contributed by atoms with E-state index in [1.54, 1.807) is 30.0 Å². The highest BCUT2D eigenvalue weighted by molar-refractivity contribution is 8.00. The van der Waals surface area contributed by atoms with Gasteiger partial charge >= 0.3 is 5.97 Å². The van der Waals surface area contributed by atoms with Gasteiger partial charge in [0.1, 0.15) is 5.75 Å². The molecule has 0 spiro atoms. The number of carbonyl (C=O) groups is 1. The van der Waals surface area contributed by atoms with Crippen LogP contribution >= 0.6 is 11.8 Å². The van der Waals surface area contributed by atoms with Gasteiger partial charge < -0.3 is 9.84 Å². The van der Waals surface area contributed by atoms with Crippen molar-refractivity contribution in [3.8, 4) is 5.75 Å². The smallest absolute Gasteiger partial charge is 0.335 e. The minimum absolute atomic E-state index is 0.200. The molecule has 0 saturated heterocycles. The van der Waals surface area contributed by atoms with Crippen LogP contribution < -0.4 is 4.74 Å². The van der Waals surface area contributed by atoms with Gasteiger partial charge in [0, 0.05) is 0 Å². The minimum atomic E-state index is -0.891. The van der Waals surface area contributed by atoms with Gasteiger partial charge in [-0.05, 0) is 31.0 Å². The molecule has 4 heteroatoms. The van der Waals surface area contributed by atoms with Crippen molar-refractivity contribution >= 4 is 17.7 Å². The highest BCUT2D eigenvalue weighted by atomic mass is 32.2. The second-order valence-corrected chi connectivity index (χ2v) is 5.57. The molecule has 1 aromatic rings. The summed E-state index contributed by atoms with van der Waals surface area (Å²) < 4.78 is 5.99. The highest BCUT2D eigenvalue weighted by Crippen LogP contribution is 2.51. The van der Waals surface area contributed by atoms with E-state index >= 15 is 0 Å². The summed E-state index contributed by atoms with van der Waals surface area (Å²) in [4.78, 5) is 11.7. The molecule has 1 unspecified atom stereocenters. The molecule has 0 amide bonds. The van der Waals surface area contributed by atoms with Crippen LogP contribution in [-0.4, -0.2) is 16.0 Å². The van der Waals surface area contributed by atoms with E-state index in [1.807, 2.05) is 0 Å². The Labute approximate surface area is 105 Å². The molecule has 0 aliphatic carbocycles. The van der Waals surface area contributed by atoms with Gasteiger partial charge in [-0.15, -0.1) is 0 Å². The molecule has 0 aromatic heterocycles. The van der Waals surface area contributed by atoms with E-state index in [0.717, 1.165) is 29.9 Å². The lowest BCUT2D eigenvalue weighted by molar-refractivity contribution is 0.0696. The van der Waals surface area contributed by atoms with Gasteiger partial charge in [-0.25, -0.2) is 4.79 Å². The molecule has 0 fully saturated rings. The first kappa shape index (κ1) is 12.3. The Morgan fingerprint density at radius 2 is 2.24 bits per heavy atom. The second-order valence-electron chi connectivity index (χ2n) is 4.19. The highest BCUT2D eigenvalue weighted by Gasteiger charge is 2.38. The number of carboxylic acid groups (broad SMARTS) is 1. The fourth-order valence-electron chi connectivity index (χ4n) is 2.03. The minimum Gasteiger partial charge on any atom is -0.478 e. The van der Waals surface area contributed by atoms with Crippen LogP contribution in [0.15, 0.2) is 23.1 Å². The van der Waals surface area contributed by atoms with Crippen LogP contribution in [0.3, 0.4) is 0 Å². The summed E-state index contributed by atoms with van der Waals surface area (Å²) in [6.07, 6.45) is 2.95. The zero-order valence-corrected chi connectivity index (χ0v) is 10.8. The number of aromatic carboxylic acids is 1. The van der Waals surface area contributed by atoms with Crippen LogP contribution in [0.25, 0.3) is 0 Å². The molecule has 17 heavy (non-hydrogen) atoms. The first-order chi connectivity index (χ1) is 8.10. The van der Waals surface area contributed by atoms with Crippen molar-refractivity contribution in [1.82, 2.24) is 0 Å². The van der Waals surface area contributed by atoms with Gasteiger partial charge in [-0.3, -0.25) is 0 Å². The van der Waals surface area contributed by atoms with Gasteiger partial charge in [-0.2, -0.15) is 0 Å². The average Bonchev–Trinajstić information content (AvgIpc) is 2.67. The SMILES string of the molecule is CCCC1(CC)Oc2ccc(C(=O)O)cc2S1. The van der Waals surface area contributed by atoms with Crippen LogP contribution in [0, 0.1) is 0 Å². The van der Waals surface area contributed by atoms with Crippen LogP contribution in [0.5, 0.6) is 5.75 Å². The van der Waals surface area contributed by atoms with Gasteiger partial charge in [0.15, 0.2) is 4.93 Å². The molecule has 0 radical (unpaired) electrons. The molecular formula is C13H16O3S. The zero-order chi connectivity index (χ0) is 12.5. The maximum Gasteiger partial charge on any atom is 0.335 e. The van der Waals surface area contributed by atoms with Gasteiger partial charge in [0.25, 0.3) is 0 Å². The molecule has 1 atom stereocenters. The van der Waals surface area contributed by atoms with Crippen molar-refractivity contribution in [3.05, 3.63) is 23.8 Å². The third-order valence-electron chi connectivity index (χ3n) is 2.95. The van der Waals surface area contributed by atoms with Crippen molar-refractivity contribution in [3.63, 3.8) is 0 Å². The predicted molar refractivity (Wildman–Crippen MR) is 67.8 cm³/mol. The third-order valence-corrected chi connectivity index (χ3v) is 4.44. The maximum atomic E-state index is 10.9. The van der Waals surface area contributed by atoms with Crippen molar-refractivity contribution < 1.29 is 14.6 Å². The number of benzene rings is 1. The largest absolute Gasteiger partial charge is 0.478 e. The lowest BCUT2D eigenvalue weighted by Crippen LogP contribution is -2.27. The van der Waals surface area contributed by atoms with E-state index in [2.05, 4.69) is 13.8 Å². The van der Waals surface area contributed by atoms with Crippen molar-refractivity contribution in [2.75, 3.05) is 0 Å². The Bertz CT molecular complexity index is 444. The van der Waals surface area contributed by atoms with Gasteiger partial charge in [-0.1, -0.05) is 32.0 Å². The summed E-state index contributed by atoms with van der Waals surface area (Å²) in [5.74, 6) is -0.0758. The molecule has 1 heterocycles. The number of carboxylic acids is 1. The Hall–Kier alpha value is -1.16. The molecule has 1 aliphatic rings. The number of rotatable bonds is 4. The summed E-state index contributed by atoms with van der Waals surface area (Å²) in [6.45, 7) is 4.24. The van der Waals surface area contributed by atoms with E-state index in [-0.39, 0.29) is 4.93 Å². The van der Waals surface area contributed by atoms with E-state index < -0.39 is 5.97 Å². The fraction of sp³-hybridized carbons (Fsp3) is 0.462. The molecule has 2 rings (SSSR count).